The number of ketones is 1. The van der Waals surface area contributed by atoms with Gasteiger partial charge in [0.05, 0.1) is 11.2 Å². The molecule has 0 radical (unpaired) electrons. The van der Waals surface area contributed by atoms with Crippen LogP contribution >= 0.6 is 0 Å². The van der Waals surface area contributed by atoms with E-state index in [-0.39, 0.29) is 11.3 Å². The highest BCUT2D eigenvalue weighted by molar-refractivity contribution is 5.99. The molecule has 7 nitrogen and oxygen atoms in total. The van der Waals surface area contributed by atoms with Crippen molar-refractivity contribution in [3.8, 4) is 0 Å². The lowest BCUT2D eigenvalue weighted by Crippen LogP contribution is -2.37. The molecule has 140 valence electrons. The van der Waals surface area contributed by atoms with Crippen LogP contribution in [0.2, 0.25) is 0 Å². The lowest BCUT2D eigenvalue weighted by Gasteiger charge is -2.27. The summed E-state index contributed by atoms with van der Waals surface area (Å²) >= 11 is 0. The summed E-state index contributed by atoms with van der Waals surface area (Å²) in [7, 11) is 0. The molecule has 0 amide bonds. The van der Waals surface area contributed by atoms with Crippen LogP contribution in [0.4, 0.5) is 17.3 Å². The number of nitrogens with two attached hydrogens (primary N) is 1. The van der Waals surface area contributed by atoms with Gasteiger partial charge in [0.25, 0.3) is 5.56 Å². The van der Waals surface area contributed by atoms with Crippen LogP contribution in [0, 0.1) is 18.8 Å². The van der Waals surface area contributed by atoms with Crippen LogP contribution in [0.15, 0.2) is 35.4 Å². The number of nitrogens with zero attached hydrogens (tertiary/aromatic N) is 3. The minimum absolute atomic E-state index is 0.0245. The highest BCUT2D eigenvalue weighted by Gasteiger charge is 2.47. The average molecular weight is 365 g/mol. The van der Waals surface area contributed by atoms with E-state index in [1.54, 1.807) is 16.7 Å². The average Bonchev–Trinajstić information content (AvgIpc) is 3.14. The first-order valence-corrected chi connectivity index (χ1v) is 9.15. The van der Waals surface area contributed by atoms with Gasteiger partial charge in [0.15, 0.2) is 5.78 Å². The van der Waals surface area contributed by atoms with E-state index in [1.165, 1.54) is 6.33 Å². The Hall–Kier alpha value is -2.96. The van der Waals surface area contributed by atoms with Gasteiger partial charge < -0.3 is 11.1 Å². The Labute approximate surface area is 157 Å². The van der Waals surface area contributed by atoms with Gasteiger partial charge in [0.1, 0.15) is 23.7 Å². The fraction of sp³-hybridized carbons (Fsp3) is 0.400. The first-order chi connectivity index (χ1) is 12.8. The lowest BCUT2D eigenvalue weighted by atomic mass is 9.87. The van der Waals surface area contributed by atoms with Gasteiger partial charge in [-0.3, -0.25) is 14.2 Å². The zero-order valence-electron chi connectivity index (χ0n) is 15.7. The molecule has 0 saturated carbocycles. The molecular weight excluding hydrogens is 342 g/mol. The molecule has 2 atom stereocenters. The van der Waals surface area contributed by atoms with Crippen LogP contribution in [-0.4, -0.2) is 20.3 Å². The summed E-state index contributed by atoms with van der Waals surface area (Å²) < 4.78 is 1.69. The van der Waals surface area contributed by atoms with E-state index >= 15 is 0 Å². The summed E-state index contributed by atoms with van der Waals surface area (Å²) in [6, 6.07) is 3.28. The van der Waals surface area contributed by atoms with Crippen molar-refractivity contribution in [2.24, 2.45) is 11.8 Å². The Kier molecular flexibility index (Phi) is 3.91. The van der Waals surface area contributed by atoms with Gasteiger partial charge >= 0.3 is 0 Å². The second kappa shape index (κ2) is 6.04. The van der Waals surface area contributed by atoms with E-state index < -0.39 is 5.54 Å². The molecule has 2 aromatic heterocycles. The van der Waals surface area contributed by atoms with E-state index in [9.17, 15) is 9.59 Å². The number of aromatic nitrogens is 3. The maximum Gasteiger partial charge on any atom is 0.275 e. The van der Waals surface area contributed by atoms with Crippen molar-refractivity contribution in [3.63, 3.8) is 0 Å². The first-order valence-electron chi connectivity index (χ1n) is 9.15. The molecule has 0 bridgehead atoms. The molecule has 2 aliphatic rings. The number of hydrogen-bond donors (Lipinski definition) is 2. The van der Waals surface area contributed by atoms with Crippen LogP contribution in [-0.2, 0) is 5.54 Å². The number of nitrogen functional groups attached to an aromatic ring is 1. The van der Waals surface area contributed by atoms with Gasteiger partial charge in [-0.15, -0.1) is 0 Å². The highest BCUT2D eigenvalue weighted by atomic mass is 16.1. The molecule has 1 aliphatic heterocycles. The van der Waals surface area contributed by atoms with E-state index in [2.05, 4.69) is 41.3 Å². The van der Waals surface area contributed by atoms with Crippen molar-refractivity contribution in [2.75, 3.05) is 11.1 Å². The van der Waals surface area contributed by atoms with Gasteiger partial charge in [-0.1, -0.05) is 26.0 Å². The van der Waals surface area contributed by atoms with E-state index in [4.69, 9.17) is 5.73 Å². The number of rotatable bonds is 3. The zero-order chi connectivity index (χ0) is 19.3. The number of hydrogen-bond acceptors (Lipinski definition) is 6. The molecule has 3 heterocycles. The maximum absolute atomic E-state index is 13.3. The van der Waals surface area contributed by atoms with Gasteiger partial charge in [-0.2, -0.15) is 0 Å². The normalized spacial score (nSPS) is 23.4. The van der Waals surface area contributed by atoms with E-state index in [0.29, 0.717) is 41.3 Å². The molecule has 7 heteroatoms. The maximum atomic E-state index is 13.3. The van der Waals surface area contributed by atoms with Crippen LogP contribution < -0.4 is 16.6 Å². The predicted octanol–water partition coefficient (Wildman–Crippen LogP) is 2.79. The topological polar surface area (TPSA) is 103 Å². The number of allylic oxidation sites excluding steroid dienone is 2. The van der Waals surface area contributed by atoms with Crippen LogP contribution in [0.3, 0.4) is 0 Å². The Morgan fingerprint density at radius 2 is 2.07 bits per heavy atom. The third-order valence-corrected chi connectivity index (χ3v) is 5.62. The fourth-order valence-corrected chi connectivity index (χ4v) is 4.23. The number of fused-ring (bicyclic) bond motifs is 2. The third-order valence-electron chi connectivity index (χ3n) is 5.62. The molecule has 2 unspecified atom stereocenters. The van der Waals surface area contributed by atoms with Crippen LogP contribution in [0.25, 0.3) is 0 Å². The van der Waals surface area contributed by atoms with Crippen molar-refractivity contribution in [2.45, 2.75) is 39.2 Å². The molecule has 0 aromatic carbocycles. The Bertz CT molecular complexity index is 1020. The van der Waals surface area contributed by atoms with Crippen LogP contribution in [0.5, 0.6) is 0 Å². The lowest BCUT2D eigenvalue weighted by molar-refractivity contribution is 0.0976. The van der Waals surface area contributed by atoms with Gasteiger partial charge in [-0.25, -0.2) is 9.97 Å². The van der Waals surface area contributed by atoms with Crippen LogP contribution in [0.1, 0.15) is 42.7 Å². The van der Waals surface area contributed by atoms with Gasteiger partial charge in [0.2, 0.25) is 0 Å². The van der Waals surface area contributed by atoms with Crippen molar-refractivity contribution in [1.82, 2.24) is 14.5 Å². The van der Waals surface area contributed by atoms with Gasteiger partial charge in [-0.05, 0) is 36.8 Å². The molecule has 27 heavy (non-hydrogen) atoms. The minimum Gasteiger partial charge on any atom is -0.384 e. The summed E-state index contributed by atoms with van der Waals surface area (Å²) in [6.07, 6.45) is 6.66. The predicted molar refractivity (Wildman–Crippen MR) is 104 cm³/mol. The molecule has 0 fully saturated rings. The Balaban J connectivity index is 1.82. The number of Topliss-reactive ketones (excluding diaryl/α,β-unsaturated/α-hetero) is 1. The summed E-state index contributed by atoms with van der Waals surface area (Å²) in [4.78, 5) is 34.0. The third kappa shape index (κ3) is 2.74. The smallest absolute Gasteiger partial charge is 0.275 e. The quantitative estimate of drug-likeness (QED) is 0.811. The summed E-state index contributed by atoms with van der Waals surface area (Å²) in [5, 5.41) is 3.04. The second-order valence-electron chi connectivity index (χ2n) is 7.86. The Morgan fingerprint density at radius 1 is 1.30 bits per heavy atom. The largest absolute Gasteiger partial charge is 0.384 e. The van der Waals surface area contributed by atoms with Crippen molar-refractivity contribution in [3.05, 3.63) is 52.2 Å². The summed E-state index contributed by atoms with van der Waals surface area (Å²) in [6.45, 7) is 6.19. The van der Waals surface area contributed by atoms with Gasteiger partial charge in [0, 0.05) is 12.5 Å². The van der Waals surface area contributed by atoms with Crippen molar-refractivity contribution >= 4 is 23.1 Å². The molecule has 1 spiro atoms. The number of anilines is 3. The zero-order valence-corrected chi connectivity index (χ0v) is 15.7. The number of pyridine rings is 1. The monoisotopic (exact) mass is 365 g/mol. The van der Waals surface area contributed by atoms with E-state index in [1.807, 2.05) is 6.92 Å². The second-order valence-corrected chi connectivity index (χ2v) is 7.86. The molecule has 1 aliphatic carbocycles. The minimum atomic E-state index is -0.564. The molecular formula is C20H23N5O2. The standard InChI is InChI=1S/C20H23N5O2/c1-11(2)13-4-5-20(8-13)9-15(26)18-12(3)6-14(19(27)25(18)20)24-17-7-16(21)22-10-23-17/h4-7,10-11,13H,8-9H2,1-3H3,(H3,21,22,23,24). The summed E-state index contributed by atoms with van der Waals surface area (Å²) in [5.74, 6) is 1.60. The molecule has 4 rings (SSSR count). The molecule has 0 saturated heterocycles. The highest BCUT2D eigenvalue weighted by Crippen LogP contribution is 2.45. The first kappa shape index (κ1) is 17.5. The fourth-order valence-electron chi connectivity index (χ4n) is 4.23. The number of aryl methyl sites for hydroxylation is 1. The molecule has 3 N–H and O–H groups in total. The SMILES string of the molecule is Cc1cc(Nc2cc(N)ncn2)c(=O)n2c1C(=O)CC21C=CC(C(C)C)C1. The van der Waals surface area contributed by atoms with E-state index in [0.717, 1.165) is 12.0 Å². The summed E-state index contributed by atoms with van der Waals surface area (Å²) in [5.41, 5.74) is 6.59. The Morgan fingerprint density at radius 3 is 2.74 bits per heavy atom. The van der Waals surface area contributed by atoms with Crippen molar-refractivity contribution < 1.29 is 4.79 Å². The molecule has 2 aromatic rings. The van der Waals surface area contributed by atoms with Crippen molar-refractivity contribution in [1.29, 1.82) is 0 Å². The number of carbonyl (C=O) groups is 1. The number of carbonyl (C=O) groups excluding carboxylic acids is 1. The number of nitrogens with one attached hydrogen (secondary N) is 1.